The van der Waals surface area contributed by atoms with E-state index in [2.05, 4.69) is 17.5 Å². The molecule has 1 amide bonds. The molecule has 0 aliphatic rings. The molecule has 0 radical (unpaired) electrons. The maximum absolute atomic E-state index is 12.3. The Morgan fingerprint density at radius 1 is 0.744 bits per heavy atom. The molecule has 2 aromatic rings. The van der Waals surface area contributed by atoms with Crippen molar-refractivity contribution in [3.8, 4) is 11.5 Å². The highest BCUT2D eigenvalue weighted by atomic mass is 16.6. The molecule has 0 unspecified atom stereocenters. The van der Waals surface area contributed by atoms with Gasteiger partial charge in [-0.3, -0.25) is 4.79 Å². The quantitative estimate of drug-likeness (QED) is 0.0569. The SMILES string of the molecule is CCCCCCCCCCCCCCCCCC(=O)N/N=C/c1ccc(OC(=O)c2ccccc2)c(OC)c1. The van der Waals surface area contributed by atoms with Gasteiger partial charge in [-0.1, -0.05) is 115 Å². The molecule has 6 nitrogen and oxygen atoms in total. The molecule has 0 aliphatic heterocycles. The van der Waals surface area contributed by atoms with Crippen LogP contribution >= 0.6 is 0 Å². The van der Waals surface area contributed by atoms with Crippen LogP contribution in [0.3, 0.4) is 0 Å². The number of hydrogen-bond acceptors (Lipinski definition) is 5. The zero-order chi connectivity index (χ0) is 28.0. The third-order valence-corrected chi connectivity index (χ3v) is 6.81. The van der Waals surface area contributed by atoms with Crippen molar-refractivity contribution in [3.05, 3.63) is 59.7 Å². The summed E-state index contributed by atoms with van der Waals surface area (Å²) in [5.74, 6) is 0.191. The van der Waals surface area contributed by atoms with Crippen molar-refractivity contribution in [2.75, 3.05) is 7.11 Å². The van der Waals surface area contributed by atoms with Gasteiger partial charge in [-0.15, -0.1) is 0 Å². The van der Waals surface area contributed by atoms with E-state index in [1.807, 2.05) is 6.07 Å². The summed E-state index contributed by atoms with van der Waals surface area (Å²) >= 11 is 0. The summed E-state index contributed by atoms with van der Waals surface area (Å²) < 4.78 is 10.8. The van der Waals surface area contributed by atoms with Crippen LogP contribution in [0, 0.1) is 0 Å². The maximum Gasteiger partial charge on any atom is 0.343 e. The van der Waals surface area contributed by atoms with Gasteiger partial charge in [-0.2, -0.15) is 5.10 Å². The van der Waals surface area contributed by atoms with Crippen LogP contribution in [0.1, 0.15) is 126 Å². The Hall–Kier alpha value is -3.15. The van der Waals surface area contributed by atoms with Gasteiger partial charge in [0.15, 0.2) is 11.5 Å². The number of nitrogens with zero attached hydrogens (tertiary/aromatic N) is 1. The van der Waals surface area contributed by atoms with E-state index in [9.17, 15) is 9.59 Å². The van der Waals surface area contributed by atoms with Crippen LogP contribution in [0.2, 0.25) is 0 Å². The lowest BCUT2D eigenvalue weighted by molar-refractivity contribution is -0.121. The van der Waals surface area contributed by atoms with Crippen LogP contribution in [0.25, 0.3) is 0 Å². The topological polar surface area (TPSA) is 77.0 Å². The summed E-state index contributed by atoms with van der Waals surface area (Å²) in [6.45, 7) is 2.27. The van der Waals surface area contributed by atoms with Crippen LogP contribution in [0.15, 0.2) is 53.6 Å². The molecule has 39 heavy (non-hydrogen) atoms. The third-order valence-electron chi connectivity index (χ3n) is 6.81. The molecule has 6 heteroatoms. The second-order valence-electron chi connectivity index (χ2n) is 10.2. The zero-order valence-electron chi connectivity index (χ0n) is 24.1. The molecule has 0 aliphatic carbocycles. The number of unbranched alkanes of at least 4 members (excludes halogenated alkanes) is 14. The average molecular weight is 537 g/mol. The highest BCUT2D eigenvalue weighted by molar-refractivity contribution is 5.91. The normalized spacial score (nSPS) is 11.0. The van der Waals surface area contributed by atoms with Crippen molar-refractivity contribution >= 4 is 18.1 Å². The molecule has 0 saturated heterocycles. The molecule has 2 rings (SSSR count). The van der Waals surface area contributed by atoms with Crippen LogP contribution in [0.4, 0.5) is 0 Å². The molecule has 0 saturated carbocycles. The number of rotatable bonds is 21. The Bertz CT molecular complexity index is 975. The first-order valence-corrected chi connectivity index (χ1v) is 14.9. The van der Waals surface area contributed by atoms with Gasteiger partial charge in [0.05, 0.1) is 18.9 Å². The minimum atomic E-state index is -0.457. The number of amides is 1. The fourth-order valence-corrected chi connectivity index (χ4v) is 4.47. The Balaban J connectivity index is 1.53. The standard InChI is InChI=1S/C33H48N2O4/c1-3-4-5-6-7-8-9-10-11-12-13-14-15-16-20-23-32(36)35-34-27-28-24-25-30(31(26-28)38-2)39-33(37)29-21-18-17-19-22-29/h17-19,21-22,24-27H,3-16,20,23H2,1-2H3,(H,35,36)/b34-27+. The van der Waals surface area contributed by atoms with Gasteiger partial charge >= 0.3 is 5.97 Å². The van der Waals surface area contributed by atoms with E-state index >= 15 is 0 Å². The Morgan fingerprint density at radius 2 is 1.31 bits per heavy atom. The van der Waals surface area contributed by atoms with Gasteiger partial charge < -0.3 is 9.47 Å². The Morgan fingerprint density at radius 3 is 1.87 bits per heavy atom. The molecule has 0 bridgehead atoms. The summed E-state index contributed by atoms with van der Waals surface area (Å²) in [4.78, 5) is 24.4. The van der Waals surface area contributed by atoms with Gasteiger partial charge in [-0.25, -0.2) is 10.2 Å². The predicted molar refractivity (Wildman–Crippen MR) is 160 cm³/mol. The lowest BCUT2D eigenvalue weighted by atomic mass is 10.0. The Kier molecular flexibility index (Phi) is 17.1. The van der Waals surface area contributed by atoms with Crippen LogP contribution < -0.4 is 14.9 Å². The molecule has 0 atom stereocenters. The van der Waals surface area contributed by atoms with Crippen molar-refractivity contribution < 1.29 is 19.1 Å². The number of carbonyl (C=O) groups is 2. The smallest absolute Gasteiger partial charge is 0.343 e. The van der Waals surface area contributed by atoms with Crippen molar-refractivity contribution in [1.82, 2.24) is 5.43 Å². The predicted octanol–water partition coefficient (Wildman–Crippen LogP) is 8.63. The molecule has 214 valence electrons. The molecule has 0 fully saturated rings. The van der Waals surface area contributed by atoms with Crippen LogP contribution in [-0.4, -0.2) is 25.2 Å². The summed E-state index contributed by atoms with van der Waals surface area (Å²) in [6, 6.07) is 13.9. The molecule has 0 spiro atoms. The second-order valence-corrected chi connectivity index (χ2v) is 10.2. The third kappa shape index (κ3) is 14.5. The first-order valence-electron chi connectivity index (χ1n) is 14.9. The van der Waals surface area contributed by atoms with E-state index in [0.29, 0.717) is 23.5 Å². The summed E-state index contributed by atoms with van der Waals surface area (Å²) in [7, 11) is 1.51. The van der Waals surface area contributed by atoms with Gasteiger partial charge in [0.2, 0.25) is 5.91 Å². The minimum Gasteiger partial charge on any atom is -0.493 e. The number of esters is 1. The van der Waals surface area contributed by atoms with E-state index in [0.717, 1.165) is 18.4 Å². The van der Waals surface area contributed by atoms with Crippen LogP contribution in [-0.2, 0) is 4.79 Å². The molecular formula is C33H48N2O4. The van der Waals surface area contributed by atoms with Gasteiger partial charge in [0.25, 0.3) is 0 Å². The average Bonchev–Trinajstić information content (AvgIpc) is 2.96. The maximum atomic E-state index is 12.3. The van der Waals surface area contributed by atoms with E-state index in [4.69, 9.17) is 9.47 Å². The Labute approximate surface area is 235 Å². The first kappa shape index (κ1) is 32.1. The van der Waals surface area contributed by atoms with Crippen molar-refractivity contribution in [2.24, 2.45) is 5.10 Å². The van der Waals surface area contributed by atoms with Crippen molar-refractivity contribution in [3.63, 3.8) is 0 Å². The summed E-state index contributed by atoms with van der Waals surface area (Å²) in [5.41, 5.74) is 3.77. The lowest BCUT2D eigenvalue weighted by Crippen LogP contribution is -2.16. The number of ether oxygens (including phenoxy) is 2. The van der Waals surface area contributed by atoms with Crippen molar-refractivity contribution in [1.29, 1.82) is 0 Å². The summed E-state index contributed by atoms with van der Waals surface area (Å²) in [6.07, 6.45) is 21.6. The van der Waals surface area contributed by atoms with Gasteiger partial charge in [-0.05, 0) is 42.3 Å². The van der Waals surface area contributed by atoms with Gasteiger partial charge in [0, 0.05) is 6.42 Å². The van der Waals surface area contributed by atoms with E-state index in [1.54, 1.807) is 48.7 Å². The van der Waals surface area contributed by atoms with Crippen LogP contribution in [0.5, 0.6) is 11.5 Å². The van der Waals surface area contributed by atoms with Gasteiger partial charge in [0.1, 0.15) is 0 Å². The number of hydrazone groups is 1. The fraction of sp³-hybridized carbons (Fsp3) is 0.545. The minimum absolute atomic E-state index is 0.0821. The molecule has 1 N–H and O–H groups in total. The van der Waals surface area contributed by atoms with E-state index in [1.165, 1.54) is 90.6 Å². The number of nitrogens with one attached hydrogen (secondary N) is 1. The monoisotopic (exact) mass is 536 g/mol. The highest BCUT2D eigenvalue weighted by Crippen LogP contribution is 2.28. The molecule has 2 aromatic carbocycles. The number of methoxy groups -OCH3 is 1. The van der Waals surface area contributed by atoms with E-state index < -0.39 is 5.97 Å². The largest absolute Gasteiger partial charge is 0.493 e. The fourth-order valence-electron chi connectivity index (χ4n) is 4.47. The lowest BCUT2D eigenvalue weighted by Gasteiger charge is -2.10. The molecule has 0 heterocycles. The first-order chi connectivity index (χ1) is 19.1. The zero-order valence-corrected chi connectivity index (χ0v) is 24.1. The molecular weight excluding hydrogens is 488 g/mol. The second kappa shape index (κ2) is 20.8. The molecule has 0 aromatic heterocycles. The summed E-state index contributed by atoms with van der Waals surface area (Å²) in [5, 5.41) is 4.06. The van der Waals surface area contributed by atoms with E-state index in [-0.39, 0.29) is 5.91 Å². The number of benzene rings is 2. The number of carbonyl (C=O) groups excluding carboxylic acids is 2. The van der Waals surface area contributed by atoms with Crippen molar-refractivity contribution in [2.45, 2.75) is 110 Å². The highest BCUT2D eigenvalue weighted by Gasteiger charge is 2.12. The number of hydrogen-bond donors (Lipinski definition) is 1.